The highest BCUT2D eigenvalue weighted by Crippen LogP contribution is 2.12. The number of rotatable bonds is 18. The minimum absolute atomic E-state index is 0.0216. The van der Waals surface area contributed by atoms with E-state index in [4.69, 9.17) is 15.6 Å². The number of hydrogen-bond acceptors (Lipinski definition) is 3. The first-order valence-corrected chi connectivity index (χ1v) is 9.73. The molecule has 0 rings (SSSR count). The lowest BCUT2D eigenvalue weighted by Gasteiger charge is -2.07. The van der Waals surface area contributed by atoms with Crippen LogP contribution < -0.4 is 5.73 Å². The number of hydrogen-bond donors (Lipinski definition) is 2. The lowest BCUT2D eigenvalue weighted by Crippen LogP contribution is -2.32. The summed E-state index contributed by atoms with van der Waals surface area (Å²) in [5, 5.41) is 9.14. The Morgan fingerprint density at radius 2 is 1.22 bits per heavy atom. The molecule has 138 valence electrons. The van der Waals surface area contributed by atoms with Crippen LogP contribution in [0.3, 0.4) is 0 Å². The summed E-state index contributed by atoms with van der Waals surface area (Å²) in [6, 6.07) is 0. The van der Waals surface area contributed by atoms with E-state index < -0.39 is 12.0 Å². The van der Waals surface area contributed by atoms with Gasteiger partial charge in [-0.05, 0) is 6.42 Å². The van der Waals surface area contributed by atoms with Crippen LogP contribution >= 0.6 is 0 Å². The minimum atomic E-state index is -1.17. The molecule has 0 spiro atoms. The number of aliphatic hydroxyl groups excluding tert-OH is 1. The summed E-state index contributed by atoms with van der Waals surface area (Å²) in [6.07, 6.45) is 17.5. The topological polar surface area (TPSA) is 72.6 Å². The molecular weight excluding hydrogens is 290 g/mol. The van der Waals surface area contributed by atoms with Gasteiger partial charge < -0.3 is 15.6 Å². The maximum atomic E-state index is 10.6. The standard InChI is InChI=1S/C19H39NO3/c1-2-3-4-5-6-7-8-9-10-11-12-13-14-15-16-23-17-18(21)19(20)22/h18,21H,2-17H2,1H3,(H2,20,22). The van der Waals surface area contributed by atoms with Crippen LogP contribution in [0.2, 0.25) is 0 Å². The first kappa shape index (κ1) is 22.4. The SMILES string of the molecule is CCCCCCCCCCCCCCCCOCC(O)C(N)=O. The summed E-state index contributed by atoms with van der Waals surface area (Å²) in [6.45, 7) is 2.89. The molecule has 0 aliphatic heterocycles. The highest BCUT2D eigenvalue weighted by Gasteiger charge is 2.09. The molecule has 0 radical (unpaired) electrons. The van der Waals surface area contributed by atoms with E-state index in [-0.39, 0.29) is 6.61 Å². The van der Waals surface area contributed by atoms with Crippen molar-refractivity contribution in [3.05, 3.63) is 0 Å². The average molecular weight is 330 g/mol. The molecule has 0 saturated carbocycles. The Balaban J connectivity index is 3.04. The van der Waals surface area contributed by atoms with E-state index in [2.05, 4.69) is 6.92 Å². The van der Waals surface area contributed by atoms with Gasteiger partial charge in [-0.25, -0.2) is 0 Å². The minimum Gasteiger partial charge on any atom is -0.381 e. The quantitative estimate of drug-likeness (QED) is 0.368. The molecule has 0 saturated heterocycles. The summed E-state index contributed by atoms with van der Waals surface area (Å²) in [4.78, 5) is 10.6. The number of unbranched alkanes of at least 4 members (excludes halogenated alkanes) is 13. The fraction of sp³-hybridized carbons (Fsp3) is 0.947. The number of primary amides is 1. The van der Waals surface area contributed by atoms with Gasteiger partial charge in [0.1, 0.15) is 0 Å². The van der Waals surface area contributed by atoms with Gasteiger partial charge in [-0.15, -0.1) is 0 Å². The normalized spacial score (nSPS) is 12.4. The molecule has 0 aromatic rings. The van der Waals surface area contributed by atoms with Gasteiger partial charge in [0.15, 0.2) is 6.10 Å². The monoisotopic (exact) mass is 329 g/mol. The third-order valence-electron chi connectivity index (χ3n) is 4.25. The van der Waals surface area contributed by atoms with Gasteiger partial charge in [-0.2, -0.15) is 0 Å². The number of amides is 1. The van der Waals surface area contributed by atoms with Gasteiger partial charge in [0.05, 0.1) is 6.61 Å². The predicted octanol–water partition coefficient (Wildman–Crippen LogP) is 4.33. The van der Waals surface area contributed by atoms with Crippen LogP contribution in [-0.2, 0) is 9.53 Å². The largest absolute Gasteiger partial charge is 0.381 e. The molecule has 3 N–H and O–H groups in total. The molecule has 1 unspecified atom stereocenters. The van der Waals surface area contributed by atoms with Gasteiger partial charge in [0.25, 0.3) is 0 Å². The molecule has 1 amide bonds. The zero-order valence-electron chi connectivity index (χ0n) is 15.2. The fourth-order valence-electron chi connectivity index (χ4n) is 2.68. The molecule has 4 heteroatoms. The second kappa shape index (κ2) is 17.7. The molecular formula is C19H39NO3. The van der Waals surface area contributed by atoms with Crippen LogP contribution in [0.25, 0.3) is 0 Å². The first-order valence-electron chi connectivity index (χ1n) is 9.73. The highest BCUT2D eigenvalue weighted by molar-refractivity contribution is 5.78. The summed E-state index contributed by atoms with van der Waals surface area (Å²) in [5.74, 6) is -0.717. The summed E-state index contributed by atoms with van der Waals surface area (Å²) >= 11 is 0. The van der Waals surface area contributed by atoms with Crippen molar-refractivity contribution in [1.29, 1.82) is 0 Å². The summed E-state index contributed by atoms with van der Waals surface area (Å²) < 4.78 is 5.21. The first-order chi connectivity index (χ1) is 11.2. The van der Waals surface area contributed by atoms with Crippen LogP contribution in [0.1, 0.15) is 96.8 Å². The lowest BCUT2D eigenvalue weighted by molar-refractivity contribution is -0.129. The Morgan fingerprint density at radius 3 is 1.61 bits per heavy atom. The van der Waals surface area contributed by atoms with Crippen LogP contribution in [-0.4, -0.2) is 30.3 Å². The Morgan fingerprint density at radius 1 is 0.826 bits per heavy atom. The van der Waals surface area contributed by atoms with Gasteiger partial charge in [-0.1, -0.05) is 90.4 Å². The number of carbonyl (C=O) groups excluding carboxylic acids is 1. The fourth-order valence-corrected chi connectivity index (χ4v) is 2.68. The zero-order valence-corrected chi connectivity index (χ0v) is 15.2. The van der Waals surface area contributed by atoms with Gasteiger partial charge in [0.2, 0.25) is 5.91 Å². The molecule has 4 nitrogen and oxygen atoms in total. The second-order valence-corrected chi connectivity index (χ2v) is 6.59. The summed E-state index contributed by atoms with van der Waals surface area (Å²) in [5.41, 5.74) is 4.93. The third kappa shape index (κ3) is 17.6. The molecule has 0 heterocycles. The number of nitrogens with two attached hydrogens (primary N) is 1. The molecule has 0 aliphatic rings. The molecule has 0 fully saturated rings. The van der Waals surface area contributed by atoms with Crippen molar-refractivity contribution in [3.63, 3.8) is 0 Å². The Hall–Kier alpha value is -0.610. The van der Waals surface area contributed by atoms with Gasteiger partial charge >= 0.3 is 0 Å². The number of carbonyl (C=O) groups is 1. The van der Waals surface area contributed by atoms with Crippen LogP contribution in [0.15, 0.2) is 0 Å². The van der Waals surface area contributed by atoms with E-state index in [1.807, 2.05) is 0 Å². The molecule has 23 heavy (non-hydrogen) atoms. The van der Waals surface area contributed by atoms with E-state index in [0.717, 1.165) is 12.8 Å². The maximum Gasteiger partial charge on any atom is 0.248 e. The van der Waals surface area contributed by atoms with Crippen molar-refractivity contribution in [2.24, 2.45) is 5.73 Å². The van der Waals surface area contributed by atoms with Crippen molar-refractivity contribution in [3.8, 4) is 0 Å². The Kier molecular flexibility index (Phi) is 17.3. The van der Waals surface area contributed by atoms with Crippen LogP contribution in [0.4, 0.5) is 0 Å². The van der Waals surface area contributed by atoms with Crippen molar-refractivity contribution in [2.75, 3.05) is 13.2 Å². The Bertz CT molecular complexity index is 259. The van der Waals surface area contributed by atoms with E-state index >= 15 is 0 Å². The predicted molar refractivity (Wildman–Crippen MR) is 96.3 cm³/mol. The van der Waals surface area contributed by atoms with Crippen molar-refractivity contribution >= 4 is 5.91 Å². The van der Waals surface area contributed by atoms with Gasteiger partial charge in [0, 0.05) is 6.61 Å². The molecule has 0 aliphatic carbocycles. The average Bonchev–Trinajstić information content (AvgIpc) is 2.54. The summed E-state index contributed by atoms with van der Waals surface area (Å²) in [7, 11) is 0. The van der Waals surface area contributed by atoms with E-state index in [1.165, 1.54) is 77.0 Å². The van der Waals surface area contributed by atoms with Crippen LogP contribution in [0, 0.1) is 0 Å². The number of aliphatic hydroxyl groups is 1. The molecule has 0 aromatic heterocycles. The second-order valence-electron chi connectivity index (χ2n) is 6.59. The van der Waals surface area contributed by atoms with Crippen LogP contribution in [0.5, 0.6) is 0 Å². The van der Waals surface area contributed by atoms with Crippen molar-refractivity contribution in [1.82, 2.24) is 0 Å². The smallest absolute Gasteiger partial charge is 0.248 e. The van der Waals surface area contributed by atoms with E-state index in [9.17, 15) is 4.79 Å². The third-order valence-corrected chi connectivity index (χ3v) is 4.25. The van der Waals surface area contributed by atoms with E-state index in [1.54, 1.807) is 0 Å². The van der Waals surface area contributed by atoms with Crippen molar-refractivity contribution < 1.29 is 14.6 Å². The van der Waals surface area contributed by atoms with E-state index in [0.29, 0.717) is 6.61 Å². The molecule has 1 atom stereocenters. The molecule has 0 aromatic carbocycles. The molecule has 0 bridgehead atoms. The highest BCUT2D eigenvalue weighted by atomic mass is 16.5. The maximum absolute atomic E-state index is 10.6. The lowest BCUT2D eigenvalue weighted by atomic mass is 10.0. The zero-order chi connectivity index (χ0) is 17.2. The van der Waals surface area contributed by atoms with Crippen molar-refractivity contribution in [2.45, 2.75) is 103 Å². The number of ether oxygens (including phenoxy) is 1. The van der Waals surface area contributed by atoms with Gasteiger partial charge in [-0.3, -0.25) is 4.79 Å². The Labute approximate surface area is 143 Å².